The van der Waals surface area contributed by atoms with Crippen LogP contribution in [0.15, 0.2) is 40.9 Å². The third-order valence-electron chi connectivity index (χ3n) is 4.47. The molecule has 0 bridgehead atoms. The highest BCUT2D eigenvalue weighted by Crippen LogP contribution is 2.27. The van der Waals surface area contributed by atoms with Crippen molar-refractivity contribution < 1.29 is 14.7 Å². The van der Waals surface area contributed by atoms with E-state index in [0.29, 0.717) is 18.7 Å². The Balaban J connectivity index is 1.79. The topological polar surface area (TPSA) is 57.6 Å². The molecule has 0 radical (unpaired) electrons. The average molecular weight is 388 g/mol. The number of carbonyl (C=O) groups excluding carboxylic acids is 1. The molecule has 1 aliphatic heterocycles. The molecule has 2 aromatic rings. The van der Waals surface area contributed by atoms with Gasteiger partial charge in [0, 0.05) is 17.6 Å². The second kappa shape index (κ2) is 6.77. The van der Waals surface area contributed by atoms with Crippen molar-refractivity contribution in [2.24, 2.45) is 0 Å². The molecule has 124 valence electrons. The number of carboxylic acids is 1. The number of fused-ring (bicyclic) bond motifs is 1. The fourth-order valence-corrected chi connectivity index (χ4v) is 3.81. The van der Waals surface area contributed by atoms with E-state index in [2.05, 4.69) is 35.0 Å². The lowest BCUT2D eigenvalue weighted by Crippen LogP contribution is -2.37. The summed E-state index contributed by atoms with van der Waals surface area (Å²) in [7, 11) is 0. The first-order chi connectivity index (χ1) is 11.5. The number of rotatable bonds is 3. The number of halogens is 1. The van der Waals surface area contributed by atoms with Gasteiger partial charge in [0.25, 0.3) is 0 Å². The molecule has 3 rings (SSSR count). The number of benzene rings is 2. The largest absolute Gasteiger partial charge is 0.478 e. The van der Waals surface area contributed by atoms with Crippen LogP contribution < -0.4 is 0 Å². The lowest BCUT2D eigenvalue weighted by molar-refractivity contribution is -0.131. The summed E-state index contributed by atoms with van der Waals surface area (Å²) in [5.41, 5.74) is 4.40. The summed E-state index contributed by atoms with van der Waals surface area (Å²) >= 11 is 3.51. The number of aromatic carboxylic acids is 1. The number of aryl methyl sites for hydroxylation is 1. The molecule has 0 aliphatic carbocycles. The van der Waals surface area contributed by atoms with Gasteiger partial charge in [-0.2, -0.15) is 0 Å². The van der Waals surface area contributed by atoms with Crippen LogP contribution in [0.4, 0.5) is 0 Å². The SMILES string of the molecule is Cc1cc(Br)cc2c1CN(C(=O)Cc1ccccc1C(=O)O)CC2. The normalized spacial score (nSPS) is 13.5. The number of amides is 1. The van der Waals surface area contributed by atoms with Gasteiger partial charge in [-0.25, -0.2) is 4.79 Å². The number of carboxylic acid groups (broad SMARTS) is 1. The van der Waals surface area contributed by atoms with Crippen molar-refractivity contribution in [3.05, 3.63) is 68.7 Å². The Morgan fingerprint density at radius 3 is 2.75 bits per heavy atom. The molecule has 0 spiro atoms. The first-order valence-electron chi connectivity index (χ1n) is 7.82. The van der Waals surface area contributed by atoms with E-state index in [1.807, 2.05) is 4.90 Å². The summed E-state index contributed by atoms with van der Waals surface area (Å²) in [6.07, 6.45) is 0.940. The van der Waals surface area contributed by atoms with Crippen LogP contribution in [-0.4, -0.2) is 28.4 Å². The fraction of sp³-hybridized carbons (Fsp3) is 0.263. The maximum atomic E-state index is 12.7. The van der Waals surface area contributed by atoms with Gasteiger partial charge in [0.2, 0.25) is 5.91 Å². The summed E-state index contributed by atoms with van der Waals surface area (Å²) < 4.78 is 1.06. The molecule has 0 aromatic heterocycles. The highest BCUT2D eigenvalue weighted by molar-refractivity contribution is 9.10. The minimum Gasteiger partial charge on any atom is -0.478 e. The van der Waals surface area contributed by atoms with E-state index < -0.39 is 5.97 Å². The van der Waals surface area contributed by atoms with Gasteiger partial charge in [-0.3, -0.25) is 4.79 Å². The molecule has 1 aliphatic rings. The van der Waals surface area contributed by atoms with Crippen LogP contribution in [-0.2, 0) is 24.2 Å². The highest BCUT2D eigenvalue weighted by atomic mass is 79.9. The zero-order valence-corrected chi connectivity index (χ0v) is 15.0. The lowest BCUT2D eigenvalue weighted by Gasteiger charge is -2.30. The number of nitrogens with zero attached hydrogens (tertiary/aromatic N) is 1. The predicted octanol–water partition coefficient (Wildman–Crippen LogP) is 3.58. The van der Waals surface area contributed by atoms with Crippen molar-refractivity contribution in [2.75, 3.05) is 6.54 Å². The Hall–Kier alpha value is -2.14. The van der Waals surface area contributed by atoms with Crippen molar-refractivity contribution in [3.63, 3.8) is 0 Å². The second-order valence-corrected chi connectivity index (χ2v) is 6.98. The summed E-state index contributed by atoms with van der Waals surface area (Å²) in [6.45, 7) is 3.30. The van der Waals surface area contributed by atoms with E-state index in [0.717, 1.165) is 10.9 Å². The van der Waals surface area contributed by atoms with Crippen LogP contribution in [0.1, 0.15) is 32.6 Å². The van der Waals surface area contributed by atoms with Crippen molar-refractivity contribution >= 4 is 27.8 Å². The van der Waals surface area contributed by atoms with Gasteiger partial charge < -0.3 is 10.0 Å². The second-order valence-electron chi connectivity index (χ2n) is 6.06. The zero-order valence-electron chi connectivity index (χ0n) is 13.4. The first kappa shape index (κ1) is 16.7. The van der Waals surface area contributed by atoms with Crippen molar-refractivity contribution in [1.82, 2.24) is 4.90 Å². The molecule has 0 fully saturated rings. The Morgan fingerprint density at radius 2 is 2.00 bits per heavy atom. The van der Waals surface area contributed by atoms with Crippen LogP contribution >= 0.6 is 15.9 Å². The van der Waals surface area contributed by atoms with Crippen molar-refractivity contribution in [3.8, 4) is 0 Å². The average Bonchev–Trinajstić information content (AvgIpc) is 2.54. The van der Waals surface area contributed by atoms with Gasteiger partial charge in [-0.05, 0) is 53.8 Å². The quantitative estimate of drug-likeness (QED) is 0.875. The predicted molar refractivity (Wildman–Crippen MR) is 95.1 cm³/mol. The summed E-state index contributed by atoms with van der Waals surface area (Å²) in [4.78, 5) is 25.8. The number of hydrogen-bond donors (Lipinski definition) is 1. The summed E-state index contributed by atoms with van der Waals surface area (Å²) in [6, 6.07) is 10.9. The molecule has 0 saturated carbocycles. The van der Waals surface area contributed by atoms with Crippen LogP contribution in [0.3, 0.4) is 0 Å². The molecule has 1 N–H and O–H groups in total. The maximum Gasteiger partial charge on any atom is 0.335 e. The third-order valence-corrected chi connectivity index (χ3v) is 4.93. The van der Waals surface area contributed by atoms with E-state index >= 15 is 0 Å². The molecule has 5 heteroatoms. The standard InChI is InChI=1S/C19H18BrNO3/c1-12-8-15(20)9-14-6-7-21(11-17(12)14)18(22)10-13-4-2-3-5-16(13)19(23)24/h2-5,8-9H,6-7,10-11H2,1H3,(H,23,24). The molecule has 2 aromatic carbocycles. The van der Waals surface area contributed by atoms with Gasteiger partial charge in [-0.15, -0.1) is 0 Å². The molecular formula is C19H18BrNO3. The van der Waals surface area contributed by atoms with Crippen LogP contribution in [0.5, 0.6) is 0 Å². The molecular weight excluding hydrogens is 370 g/mol. The van der Waals surface area contributed by atoms with E-state index in [1.54, 1.807) is 18.2 Å². The Morgan fingerprint density at radius 1 is 1.25 bits per heavy atom. The van der Waals surface area contributed by atoms with E-state index in [1.165, 1.54) is 22.8 Å². The van der Waals surface area contributed by atoms with Crippen LogP contribution in [0.2, 0.25) is 0 Å². The van der Waals surface area contributed by atoms with Crippen LogP contribution in [0, 0.1) is 6.92 Å². The molecule has 24 heavy (non-hydrogen) atoms. The van der Waals surface area contributed by atoms with Crippen molar-refractivity contribution in [2.45, 2.75) is 26.3 Å². The molecule has 1 heterocycles. The minimum atomic E-state index is -0.997. The lowest BCUT2D eigenvalue weighted by atomic mass is 9.95. The smallest absolute Gasteiger partial charge is 0.335 e. The Bertz CT molecular complexity index is 816. The number of carbonyl (C=O) groups is 2. The molecule has 4 nitrogen and oxygen atoms in total. The molecule has 0 atom stereocenters. The van der Waals surface area contributed by atoms with E-state index in [-0.39, 0.29) is 17.9 Å². The summed E-state index contributed by atoms with van der Waals surface area (Å²) in [5.74, 6) is -1.03. The fourth-order valence-electron chi connectivity index (χ4n) is 3.19. The minimum absolute atomic E-state index is 0.0309. The van der Waals surface area contributed by atoms with Gasteiger partial charge >= 0.3 is 5.97 Å². The first-order valence-corrected chi connectivity index (χ1v) is 8.62. The van der Waals surface area contributed by atoms with Crippen molar-refractivity contribution in [1.29, 1.82) is 0 Å². The number of hydrogen-bond acceptors (Lipinski definition) is 2. The van der Waals surface area contributed by atoms with Gasteiger partial charge in [0.05, 0.1) is 12.0 Å². The van der Waals surface area contributed by atoms with Gasteiger partial charge in [0.1, 0.15) is 0 Å². The van der Waals surface area contributed by atoms with Gasteiger partial charge in [-0.1, -0.05) is 34.1 Å². The molecule has 0 saturated heterocycles. The monoisotopic (exact) mass is 387 g/mol. The summed E-state index contributed by atoms with van der Waals surface area (Å²) in [5, 5.41) is 9.25. The molecule has 1 amide bonds. The third kappa shape index (κ3) is 3.36. The Kier molecular flexibility index (Phi) is 4.71. The molecule has 0 unspecified atom stereocenters. The van der Waals surface area contributed by atoms with Crippen LogP contribution in [0.25, 0.3) is 0 Å². The van der Waals surface area contributed by atoms with E-state index in [4.69, 9.17) is 0 Å². The van der Waals surface area contributed by atoms with Gasteiger partial charge in [0.15, 0.2) is 0 Å². The van der Waals surface area contributed by atoms with E-state index in [9.17, 15) is 14.7 Å². The zero-order chi connectivity index (χ0) is 17.3. The highest BCUT2D eigenvalue weighted by Gasteiger charge is 2.23. The maximum absolute atomic E-state index is 12.7. The Labute approximate surface area is 149 Å².